The van der Waals surface area contributed by atoms with E-state index in [4.69, 9.17) is 21.4 Å². The second kappa shape index (κ2) is 10.1. The van der Waals surface area contributed by atoms with E-state index in [-0.39, 0.29) is 5.92 Å². The predicted molar refractivity (Wildman–Crippen MR) is 122 cm³/mol. The van der Waals surface area contributed by atoms with Gasteiger partial charge in [0, 0.05) is 24.7 Å². The highest BCUT2D eigenvalue weighted by Gasteiger charge is 2.31. The van der Waals surface area contributed by atoms with Gasteiger partial charge in [0.15, 0.2) is 0 Å². The van der Waals surface area contributed by atoms with Crippen LogP contribution in [0.25, 0.3) is 5.57 Å². The Morgan fingerprint density at radius 1 is 1.27 bits per heavy atom. The fraction of sp³-hybridized carbons (Fsp3) is 0.400. The van der Waals surface area contributed by atoms with Crippen LogP contribution in [0.15, 0.2) is 48.5 Å². The first-order valence-corrected chi connectivity index (χ1v) is 10.8. The number of rotatable bonds is 9. The first-order chi connectivity index (χ1) is 14.3. The van der Waals surface area contributed by atoms with Crippen molar-refractivity contribution in [3.63, 3.8) is 0 Å². The van der Waals surface area contributed by atoms with E-state index in [0.29, 0.717) is 25.6 Å². The van der Waals surface area contributed by atoms with Crippen molar-refractivity contribution in [3.8, 4) is 5.75 Å². The molecule has 1 aliphatic heterocycles. The zero-order valence-electron chi connectivity index (χ0n) is 17.9. The summed E-state index contributed by atoms with van der Waals surface area (Å²) < 4.78 is 6.03. The lowest BCUT2D eigenvalue weighted by molar-refractivity contribution is -0.147. The number of hydrogen-bond acceptors (Lipinski definition) is 3. The number of carboxylic acid groups (broad SMARTS) is 1. The molecule has 1 N–H and O–H groups in total. The van der Waals surface area contributed by atoms with Gasteiger partial charge in [-0.25, -0.2) is 0 Å². The lowest BCUT2D eigenvalue weighted by Crippen LogP contribution is -2.50. The third-order valence-electron chi connectivity index (χ3n) is 5.62. The molecular formula is C25H30ClNO3. The highest BCUT2D eigenvalue weighted by atomic mass is 35.5. The van der Waals surface area contributed by atoms with Crippen LogP contribution in [0.3, 0.4) is 0 Å². The molecule has 0 spiro atoms. The van der Waals surface area contributed by atoms with Crippen LogP contribution in [0.4, 0.5) is 0 Å². The number of allylic oxidation sites excluding steroid dienone is 1. The molecule has 4 nitrogen and oxygen atoms in total. The summed E-state index contributed by atoms with van der Waals surface area (Å²) in [6.07, 6.45) is 3.13. The van der Waals surface area contributed by atoms with Crippen LogP contribution >= 0.6 is 11.6 Å². The number of aliphatic carboxylic acids is 1. The van der Waals surface area contributed by atoms with E-state index in [1.54, 1.807) is 0 Å². The number of aryl methyl sites for hydroxylation is 1. The van der Waals surface area contributed by atoms with Crippen LogP contribution in [0.2, 0.25) is 5.02 Å². The molecule has 5 heteroatoms. The maximum Gasteiger partial charge on any atom is 0.309 e. The molecule has 1 saturated heterocycles. The fourth-order valence-electron chi connectivity index (χ4n) is 3.74. The summed E-state index contributed by atoms with van der Waals surface area (Å²) in [4.78, 5) is 13.1. The molecule has 160 valence electrons. The molecule has 0 aromatic heterocycles. The zero-order valence-corrected chi connectivity index (χ0v) is 18.7. The molecule has 0 saturated carbocycles. The van der Waals surface area contributed by atoms with Gasteiger partial charge in [0.25, 0.3) is 0 Å². The highest BCUT2D eigenvalue weighted by Crippen LogP contribution is 2.25. The third-order valence-corrected chi connectivity index (χ3v) is 5.87. The predicted octanol–water partition coefficient (Wildman–Crippen LogP) is 5.33. The van der Waals surface area contributed by atoms with E-state index in [1.807, 2.05) is 18.2 Å². The van der Waals surface area contributed by atoms with Crippen molar-refractivity contribution in [2.45, 2.75) is 27.2 Å². The Hall–Kier alpha value is -2.30. The summed E-state index contributed by atoms with van der Waals surface area (Å²) in [6, 6.07) is 14.2. The number of hydrogen-bond donors (Lipinski definition) is 1. The van der Waals surface area contributed by atoms with Crippen molar-refractivity contribution < 1.29 is 14.6 Å². The molecule has 0 unspecified atom stereocenters. The standard InChI is InChI=1S/C25H30ClNO3/c1-17(12-20-4-6-22(26)7-5-20)16-30-23-8-9-24(19(3)13-23)18(2)10-11-27-14-21(15-27)25(28)29/h4-10,13,17,21H,11-12,14-16H2,1-3H3,(H,28,29)/t17-/m0/s1. The lowest BCUT2D eigenvalue weighted by atomic mass is 9.98. The van der Waals surface area contributed by atoms with Crippen LogP contribution in [0.5, 0.6) is 5.75 Å². The Morgan fingerprint density at radius 3 is 2.60 bits per heavy atom. The van der Waals surface area contributed by atoms with Gasteiger partial charge < -0.3 is 9.84 Å². The topological polar surface area (TPSA) is 49.8 Å². The van der Waals surface area contributed by atoms with E-state index in [1.165, 1.54) is 22.3 Å². The number of carboxylic acids is 1. The van der Waals surface area contributed by atoms with E-state index in [2.05, 4.69) is 56.0 Å². The second-order valence-corrected chi connectivity index (χ2v) is 8.80. The van der Waals surface area contributed by atoms with Gasteiger partial charge in [0.05, 0.1) is 12.5 Å². The average molecular weight is 428 g/mol. The molecule has 2 aromatic rings. The number of benzene rings is 2. The summed E-state index contributed by atoms with van der Waals surface area (Å²) in [6.45, 7) is 9.11. The van der Waals surface area contributed by atoms with Crippen LogP contribution in [0.1, 0.15) is 30.5 Å². The molecular weight excluding hydrogens is 398 g/mol. The van der Waals surface area contributed by atoms with Gasteiger partial charge in [-0.15, -0.1) is 0 Å². The van der Waals surface area contributed by atoms with Crippen LogP contribution in [0, 0.1) is 18.8 Å². The van der Waals surface area contributed by atoms with Crippen molar-refractivity contribution in [1.82, 2.24) is 4.90 Å². The minimum atomic E-state index is -0.694. The number of carbonyl (C=O) groups is 1. The van der Waals surface area contributed by atoms with Gasteiger partial charge in [0.2, 0.25) is 0 Å². The van der Waals surface area contributed by atoms with E-state index in [9.17, 15) is 4.79 Å². The number of ether oxygens (including phenoxy) is 1. The summed E-state index contributed by atoms with van der Waals surface area (Å²) in [5, 5.41) is 9.73. The maximum absolute atomic E-state index is 10.9. The SMILES string of the molecule is CC(=CCN1CC(C(=O)O)C1)c1ccc(OC[C@@H](C)Cc2ccc(Cl)cc2)cc1C. The van der Waals surface area contributed by atoms with Crippen LogP contribution in [-0.4, -0.2) is 42.2 Å². The summed E-state index contributed by atoms with van der Waals surface area (Å²) >= 11 is 5.95. The zero-order chi connectivity index (χ0) is 21.7. The van der Waals surface area contributed by atoms with E-state index in [0.717, 1.165) is 23.7 Å². The quantitative estimate of drug-likeness (QED) is 0.587. The largest absolute Gasteiger partial charge is 0.493 e. The van der Waals surface area contributed by atoms with Crippen molar-refractivity contribution >= 4 is 23.1 Å². The minimum Gasteiger partial charge on any atom is -0.493 e. The summed E-state index contributed by atoms with van der Waals surface area (Å²) in [7, 11) is 0. The first-order valence-electron chi connectivity index (χ1n) is 10.4. The molecule has 3 rings (SSSR count). The van der Waals surface area contributed by atoms with Gasteiger partial charge in [-0.1, -0.05) is 42.8 Å². The number of likely N-dealkylation sites (tertiary alicyclic amines) is 1. The summed E-state index contributed by atoms with van der Waals surface area (Å²) in [5.41, 5.74) is 4.85. The minimum absolute atomic E-state index is 0.209. The Morgan fingerprint density at radius 2 is 1.97 bits per heavy atom. The van der Waals surface area contributed by atoms with Crippen molar-refractivity contribution in [2.24, 2.45) is 11.8 Å². The van der Waals surface area contributed by atoms with Crippen molar-refractivity contribution in [3.05, 3.63) is 70.3 Å². The van der Waals surface area contributed by atoms with E-state index >= 15 is 0 Å². The molecule has 30 heavy (non-hydrogen) atoms. The van der Waals surface area contributed by atoms with Gasteiger partial charge in [-0.3, -0.25) is 9.69 Å². The molecule has 0 amide bonds. The Bertz CT molecular complexity index is 901. The molecule has 0 aliphatic carbocycles. The Kier molecular flexibility index (Phi) is 7.57. The second-order valence-electron chi connectivity index (χ2n) is 8.36. The molecule has 1 fully saturated rings. The molecule has 0 bridgehead atoms. The Labute approximate surface area is 184 Å². The number of nitrogens with zero attached hydrogens (tertiary/aromatic N) is 1. The molecule has 1 aliphatic rings. The lowest BCUT2D eigenvalue weighted by Gasteiger charge is -2.35. The van der Waals surface area contributed by atoms with Gasteiger partial charge in [-0.05, 0) is 72.7 Å². The fourth-order valence-corrected chi connectivity index (χ4v) is 3.87. The smallest absolute Gasteiger partial charge is 0.309 e. The van der Waals surface area contributed by atoms with Gasteiger partial charge >= 0.3 is 5.97 Å². The molecule has 0 radical (unpaired) electrons. The van der Waals surface area contributed by atoms with Gasteiger partial charge in [-0.2, -0.15) is 0 Å². The Balaban J connectivity index is 1.50. The van der Waals surface area contributed by atoms with Gasteiger partial charge in [0.1, 0.15) is 5.75 Å². The average Bonchev–Trinajstić information content (AvgIpc) is 2.66. The molecule has 2 aromatic carbocycles. The monoisotopic (exact) mass is 427 g/mol. The van der Waals surface area contributed by atoms with Crippen LogP contribution < -0.4 is 4.74 Å². The number of halogens is 1. The van der Waals surface area contributed by atoms with Crippen molar-refractivity contribution in [2.75, 3.05) is 26.2 Å². The normalized spacial score (nSPS) is 16.2. The highest BCUT2D eigenvalue weighted by molar-refractivity contribution is 6.30. The maximum atomic E-state index is 10.9. The summed E-state index contributed by atoms with van der Waals surface area (Å²) in [5.74, 6) is 0.387. The molecule has 1 atom stereocenters. The third kappa shape index (κ3) is 6.10. The molecule has 1 heterocycles. The first kappa shape index (κ1) is 22.4. The van der Waals surface area contributed by atoms with Crippen molar-refractivity contribution in [1.29, 1.82) is 0 Å². The van der Waals surface area contributed by atoms with Crippen LogP contribution in [-0.2, 0) is 11.2 Å². The van der Waals surface area contributed by atoms with E-state index < -0.39 is 5.97 Å².